The van der Waals surface area contributed by atoms with Crippen molar-refractivity contribution in [1.29, 1.82) is 0 Å². The number of hydrogen-bond acceptors (Lipinski definition) is 5. The van der Waals surface area contributed by atoms with Crippen LogP contribution in [0.15, 0.2) is 4.47 Å². The van der Waals surface area contributed by atoms with Crippen molar-refractivity contribution in [3.05, 3.63) is 16.0 Å². The van der Waals surface area contributed by atoms with Crippen LogP contribution in [0.4, 0.5) is 5.82 Å². The van der Waals surface area contributed by atoms with Crippen molar-refractivity contribution >= 4 is 45.3 Å². The highest BCUT2D eigenvalue weighted by atomic mass is 79.9. The molecular formula is C12H18BrN3S2. The Kier molecular flexibility index (Phi) is 5.63. The minimum Gasteiger partial charge on any atom is -0.372 e. The average molecular weight is 348 g/mol. The monoisotopic (exact) mass is 347 g/mol. The fraction of sp³-hybridized carbons (Fsp3) is 0.667. The molecule has 0 aromatic carbocycles. The van der Waals surface area contributed by atoms with E-state index in [1.54, 1.807) is 0 Å². The highest BCUT2D eigenvalue weighted by Crippen LogP contribution is 2.37. The Morgan fingerprint density at radius 3 is 2.83 bits per heavy atom. The van der Waals surface area contributed by atoms with E-state index < -0.39 is 0 Å². The smallest absolute Gasteiger partial charge is 0.144 e. The summed E-state index contributed by atoms with van der Waals surface area (Å²) in [6.07, 6.45) is 2.10. The summed E-state index contributed by atoms with van der Waals surface area (Å²) >= 11 is 7.58. The molecule has 1 saturated heterocycles. The van der Waals surface area contributed by atoms with Crippen molar-refractivity contribution in [3.8, 4) is 0 Å². The molecular weight excluding hydrogens is 330 g/mol. The molecule has 1 N–H and O–H groups in total. The zero-order valence-corrected chi connectivity index (χ0v) is 13.9. The van der Waals surface area contributed by atoms with Gasteiger partial charge in [-0.25, -0.2) is 9.97 Å². The number of aryl methyl sites for hydroxylation is 1. The molecule has 100 valence electrons. The van der Waals surface area contributed by atoms with Crippen LogP contribution in [-0.4, -0.2) is 34.3 Å². The van der Waals surface area contributed by atoms with Crippen molar-refractivity contribution in [2.24, 2.45) is 0 Å². The van der Waals surface area contributed by atoms with Crippen LogP contribution in [0.25, 0.3) is 0 Å². The van der Waals surface area contributed by atoms with Crippen molar-refractivity contribution in [2.45, 2.75) is 25.0 Å². The molecule has 6 heteroatoms. The SMILES string of the molecule is CCCc1nc(C2CSCCS2)nc(NC)c1Br. The fourth-order valence-corrected chi connectivity index (χ4v) is 5.03. The number of thioether (sulfide) groups is 2. The second-order valence-corrected chi connectivity index (χ2v) is 7.38. The predicted octanol–water partition coefficient (Wildman–Crippen LogP) is 3.75. The van der Waals surface area contributed by atoms with Gasteiger partial charge in [-0.1, -0.05) is 13.3 Å². The van der Waals surface area contributed by atoms with Gasteiger partial charge < -0.3 is 5.32 Å². The summed E-state index contributed by atoms with van der Waals surface area (Å²) < 4.78 is 1.02. The molecule has 0 aliphatic carbocycles. The summed E-state index contributed by atoms with van der Waals surface area (Å²) in [5.41, 5.74) is 1.13. The van der Waals surface area contributed by atoms with Crippen LogP contribution in [0.2, 0.25) is 0 Å². The average Bonchev–Trinajstić information content (AvgIpc) is 2.42. The van der Waals surface area contributed by atoms with Gasteiger partial charge in [0.1, 0.15) is 11.6 Å². The number of nitrogens with zero attached hydrogens (tertiary/aromatic N) is 2. The van der Waals surface area contributed by atoms with Crippen LogP contribution < -0.4 is 5.32 Å². The van der Waals surface area contributed by atoms with E-state index in [0.717, 1.165) is 40.4 Å². The standard InChI is InChI=1S/C12H18BrN3S2/c1-3-4-8-10(13)12(14-2)16-11(15-8)9-7-17-5-6-18-9/h9H,3-7H2,1-2H3,(H,14,15,16). The normalized spacial score (nSPS) is 19.8. The maximum Gasteiger partial charge on any atom is 0.144 e. The van der Waals surface area contributed by atoms with Crippen molar-refractivity contribution < 1.29 is 0 Å². The molecule has 0 amide bonds. The van der Waals surface area contributed by atoms with Gasteiger partial charge in [0.25, 0.3) is 0 Å². The molecule has 1 aliphatic rings. The lowest BCUT2D eigenvalue weighted by molar-refractivity contribution is 0.824. The Morgan fingerprint density at radius 2 is 2.22 bits per heavy atom. The number of hydrogen-bond donors (Lipinski definition) is 1. The lowest BCUT2D eigenvalue weighted by atomic mass is 10.2. The molecule has 3 nitrogen and oxygen atoms in total. The van der Waals surface area contributed by atoms with E-state index >= 15 is 0 Å². The van der Waals surface area contributed by atoms with E-state index in [4.69, 9.17) is 4.98 Å². The zero-order valence-electron chi connectivity index (χ0n) is 10.7. The molecule has 2 heterocycles. The first kappa shape index (κ1) is 14.5. The maximum atomic E-state index is 4.76. The van der Waals surface area contributed by atoms with Crippen LogP contribution in [0.1, 0.15) is 30.1 Å². The predicted molar refractivity (Wildman–Crippen MR) is 85.8 cm³/mol. The first-order valence-electron chi connectivity index (χ1n) is 6.19. The molecule has 1 unspecified atom stereocenters. The third-order valence-electron chi connectivity index (χ3n) is 2.76. The van der Waals surface area contributed by atoms with Gasteiger partial charge in [-0.15, -0.1) is 11.8 Å². The second-order valence-electron chi connectivity index (χ2n) is 4.13. The van der Waals surface area contributed by atoms with Gasteiger partial charge in [-0.3, -0.25) is 0 Å². The first-order valence-corrected chi connectivity index (χ1v) is 9.19. The number of anilines is 1. The summed E-state index contributed by atoms with van der Waals surface area (Å²) in [4.78, 5) is 9.42. The minimum absolute atomic E-state index is 0.444. The van der Waals surface area contributed by atoms with Crippen LogP contribution >= 0.6 is 39.5 Å². The van der Waals surface area contributed by atoms with Gasteiger partial charge in [0, 0.05) is 24.3 Å². The van der Waals surface area contributed by atoms with E-state index in [9.17, 15) is 0 Å². The van der Waals surface area contributed by atoms with Gasteiger partial charge in [0.2, 0.25) is 0 Å². The second kappa shape index (κ2) is 7.01. The highest BCUT2D eigenvalue weighted by molar-refractivity contribution is 9.10. The van der Waals surface area contributed by atoms with Crippen LogP contribution in [0, 0.1) is 0 Å². The lowest BCUT2D eigenvalue weighted by Gasteiger charge is -2.21. The summed E-state index contributed by atoms with van der Waals surface area (Å²) in [5.74, 6) is 5.48. The molecule has 18 heavy (non-hydrogen) atoms. The van der Waals surface area contributed by atoms with Gasteiger partial charge in [-0.05, 0) is 22.4 Å². The van der Waals surface area contributed by atoms with E-state index in [-0.39, 0.29) is 0 Å². The molecule has 2 rings (SSSR count). The molecule has 1 fully saturated rings. The molecule has 0 radical (unpaired) electrons. The molecule has 1 atom stereocenters. The first-order chi connectivity index (χ1) is 8.76. The lowest BCUT2D eigenvalue weighted by Crippen LogP contribution is -2.13. The summed E-state index contributed by atoms with van der Waals surface area (Å²) in [6.45, 7) is 2.18. The summed E-state index contributed by atoms with van der Waals surface area (Å²) in [7, 11) is 1.91. The van der Waals surface area contributed by atoms with Crippen LogP contribution in [-0.2, 0) is 6.42 Å². The van der Waals surface area contributed by atoms with Gasteiger partial charge in [0.05, 0.1) is 15.4 Å². The van der Waals surface area contributed by atoms with Crippen molar-refractivity contribution in [2.75, 3.05) is 29.6 Å². The molecule has 0 spiro atoms. The zero-order chi connectivity index (χ0) is 13.0. The Labute approximate surface area is 125 Å². The van der Waals surface area contributed by atoms with E-state index in [0.29, 0.717) is 5.25 Å². The Hall–Kier alpha value is 0.0600. The quantitative estimate of drug-likeness (QED) is 0.897. The fourth-order valence-electron chi connectivity index (χ4n) is 1.86. The van der Waals surface area contributed by atoms with Gasteiger partial charge in [-0.2, -0.15) is 11.8 Å². The minimum atomic E-state index is 0.444. The van der Waals surface area contributed by atoms with Gasteiger partial charge in [0.15, 0.2) is 0 Å². The number of aromatic nitrogens is 2. The van der Waals surface area contributed by atoms with Crippen molar-refractivity contribution in [3.63, 3.8) is 0 Å². The topological polar surface area (TPSA) is 37.8 Å². The molecule has 0 bridgehead atoms. The summed E-state index contributed by atoms with van der Waals surface area (Å²) in [5, 5.41) is 3.60. The molecule has 1 aromatic rings. The summed E-state index contributed by atoms with van der Waals surface area (Å²) in [6, 6.07) is 0. The van der Waals surface area contributed by atoms with E-state index in [1.165, 1.54) is 11.5 Å². The Bertz CT molecular complexity index is 409. The Balaban J connectivity index is 2.31. The Morgan fingerprint density at radius 1 is 1.39 bits per heavy atom. The van der Waals surface area contributed by atoms with E-state index in [1.807, 2.05) is 30.6 Å². The molecule has 1 aliphatic heterocycles. The maximum absolute atomic E-state index is 4.76. The van der Waals surface area contributed by atoms with E-state index in [2.05, 4.69) is 33.2 Å². The molecule has 1 aromatic heterocycles. The molecule has 0 saturated carbocycles. The van der Waals surface area contributed by atoms with Crippen LogP contribution in [0.5, 0.6) is 0 Å². The third-order valence-corrected chi connectivity index (χ3v) is 6.35. The van der Waals surface area contributed by atoms with Crippen molar-refractivity contribution in [1.82, 2.24) is 9.97 Å². The highest BCUT2D eigenvalue weighted by Gasteiger charge is 2.21. The number of halogens is 1. The number of rotatable bonds is 4. The van der Waals surface area contributed by atoms with Gasteiger partial charge >= 0.3 is 0 Å². The third kappa shape index (κ3) is 3.33. The van der Waals surface area contributed by atoms with Crippen LogP contribution in [0.3, 0.4) is 0 Å². The number of nitrogens with one attached hydrogen (secondary N) is 1. The largest absolute Gasteiger partial charge is 0.372 e.